The van der Waals surface area contributed by atoms with Crippen LogP contribution in [0.15, 0.2) is 90.1 Å². The van der Waals surface area contributed by atoms with E-state index in [9.17, 15) is 13.2 Å². The molecule has 0 aliphatic heterocycles. The van der Waals surface area contributed by atoms with E-state index >= 15 is 0 Å². The lowest BCUT2D eigenvalue weighted by molar-refractivity contribution is -0.120. The lowest BCUT2D eigenvalue weighted by atomic mass is 9.87. The molecule has 7 nitrogen and oxygen atoms in total. The van der Waals surface area contributed by atoms with Gasteiger partial charge < -0.3 is 9.47 Å². The third-order valence-electron chi connectivity index (χ3n) is 8.00. The second kappa shape index (κ2) is 12.8. The molecular formula is C33H37ClN4O3S. The summed E-state index contributed by atoms with van der Waals surface area (Å²) in [4.78, 5) is 20.5. The van der Waals surface area contributed by atoms with Gasteiger partial charge in [0.2, 0.25) is 15.9 Å². The fraction of sp³-hybridized carbons (Fsp3) is 0.333. The summed E-state index contributed by atoms with van der Waals surface area (Å²) in [7, 11) is -1.84. The molecule has 0 saturated heterocycles. The summed E-state index contributed by atoms with van der Waals surface area (Å²) in [6, 6.07) is 21.9. The van der Waals surface area contributed by atoms with Gasteiger partial charge in [0.1, 0.15) is 5.82 Å². The Morgan fingerprint density at radius 3 is 2.50 bits per heavy atom. The van der Waals surface area contributed by atoms with E-state index in [1.54, 1.807) is 18.3 Å². The highest BCUT2D eigenvalue weighted by Gasteiger charge is 2.46. The molecular weight excluding hydrogens is 568 g/mol. The summed E-state index contributed by atoms with van der Waals surface area (Å²) < 4.78 is 31.3. The molecule has 1 N–H and O–H groups in total. The molecule has 6 rings (SSSR count). The molecule has 4 aromatic rings. The van der Waals surface area contributed by atoms with Crippen LogP contribution in [0, 0.1) is 5.92 Å². The number of aromatic nitrogens is 2. The normalized spacial score (nSPS) is 19.3. The van der Waals surface area contributed by atoms with Crippen molar-refractivity contribution < 1.29 is 13.2 Å². The number of carbonyl (C=O) groups is 1. The summed E-state index contributed by atoms with van der Waals surface area (Å²) in [6.45, 7) is 4.33. The zero-order chi connectivity index (χ0) is 29.9. The molecule has 1 aromatic heterocycles. The zero-order valence-electron chi connectivity index (χ0n) is 24.2. The number of halogens is 1. The van der Waals surface area contributed by atoms with Gasteiger partial charge in [-0.25, -0.2) is 18.1 Å². The average Bonchev–Trinajstić information content (AvgIpc) is 3.71. The van der Waals surface area contributed by atoms with Gasteiger partial charge in [-0.05, 0) is 84.7 Å². The number of carbonyl (C=O) groups excluding carboxylic acids is 1. The van der Waals surface area contributed by atoms with E-state index in [0.29, 0.717) is 18.0 Å². The first-order valence-corrected chi connectivity index (χ1v) is 16.4. The molecule has 2 aliphatic rings. The van der Waals surface area contributed by atoms with Crippen LogP contribution in [0.5, 0.6) is 0 Å². The SMILES string of the molecule is CC.Cn1ccnc1CN(C(=O)C1CC1c1ccccc1)c1ccc2c(c1)C(NS(=O)(=O)c1ccc(Cl)cc1)CCC2. The second-order valence-electron chi connectivity index (χ2n) is 10.6. The van der Waals surface area contributed by atoms with Crippen molar-refractivity contribution in [3.8, 4) is 0 Å². The first-order chi connectivity index (χ1) is 20.3. The Morgan fingerprint density at radius 1 is 1.07 bits per heavy atom. The van der Waals surface area contributed by atoms with Gasteiger partial charge >= 0.3 is 0 Å². The molecule has 1 heterocycles. The fourth-order valence-electron chi connectivity index (χ4n) is 5.67. The van der Waals surface area contributed by atoms with Crippen molar-refractivity contribution in [3.63, 3.8) is 0 Å². The van der Waals surface area contributed by atoms with Crippen LogP contribution in [0.1, 0.15) is 67.6 Å². The van der Waals surface area contributed by atoms with E-state index in [1.807, 2.05) is 73.0 Å². The number of anilines is 1. The molecule has 3 atom stereocenters. The number of fused-ring (bicyclic) bond motifs is 1. The molecule has 1 amide bonds. The van der Waals surface area contributed by atoms with E-state index in [4.69, 9.17) is 11.6 Å². The summed E-state index contributed by atoms with van der Waals surface area (Å²) in [5.41, 5.74) is 3.94. The van der Waals surface area contributed by atoms with Crippen LogP contribution < -0.4 is 9.62 Å². The first-order valence-electron chi connectivity index (χ1n) is 14.5. The molecule has 2 aliphatic carbocycles. The summed E-state index contributed by atoms with van der Waals surface area (Å²) in [5.74, 6) is 0.945. The number of imidazole rings is 1. The quantitative estimate of drug-likeness (QED) is 0.240. The van der Waals surface area contributed by atoms with Crippen LogP contribution in [0.2, 0.25) is 5.02 Å². The fourth-order valence-corrected chi connectivity index (χ4v) is 7.05. The van der Waals surface area contributed by atoms with Crippen molar-refractivity contribution in [3.05, 3.63) is 113 Å². The smallest absolute Gasteiger partial charge is 0.241 e. The number of nitrogens with one attached hydrogen (secondary N) is 1. The molecule has 3 unspecified atom stereocenters. The molecule has 9 heteroatoms. The molecule has 3 aromatic carbocycles. The third kappa shape index (κ3) is 6.46. The highest BCUT2D eigenvalue weighted by Crippen LogP contribution is 2.49. The Labute approximate surface area is 253 Å². The maximum absolute atomic E-state index is 14.0. The molecule has 1 fully saturated rings. The maximum Gasteiger partial charge on any atom is 0.241 e. The Kier molecular flexibility index (Phi) is 9.16. The molecule has 220 valence electrons. The number of benzene rings is 3. The maximum atomic E-state index is 14.0. The largest absolute Gasteiger partial charge is 0.337 e. The van der Waals surface area contributed by atoms with Gasteiger partial charge in [0.15, 0.2) is 0 Å². The van der Waals surface area contributed by atoms with Gasteiger partial charge in [0.25, 0.3) is 0 Å². The van der Waals surface area contributed by atoms with Crippen molar-refractivity contribution in [2.45, 2.75) is 62.9 Å². The number of hydrogen-bond donors (Lipinski definition) is 1. The van der Waals surface area contributed by atoms with Gasteiger partial charge in [-0.2, -0.15) is 0 Å². The van der Waals surface area contributed by atoms with Gasteiger partial charge in [-0.3, -0.25) is 4.79 Å². The highest BCUT2D eigenvalue weighted by atomic mass is 35.5. The number of aryl methyl sites for hydroxylation is 2. The molecule has 0 radical (unpaired) electrons. The van der Waals surface area contributed by atoms with Crippen molar-refractivity contribution in [2.24, 2.45) is 13.0 Å². The summed E-state index contributed by atoms with van der Waals surface area (Å²) in [6.07, 6.45) is 6.83. The van der Waals surface area contributed by atoms with Crippen LogP contribution in [0.3, 0.4) is 0 Å². The summed E-state index contributed by atoms with van der Waals surface area (Å²) >= 11 is 5.97. The van der Waals surface area contributed by atoms with Crippen molar-refractivity contribution >= 4 is 33.2 Å². The standard InChI is InChI=1S/C31H31ClN4O3S.C2H6/c1-35-17-16-33-30(35)20-36(31(37)28-19-26(28)21-6-3-2-4-7-21)24-13-10-22-8-5-9-29(27(22)18-24)34-40(38,39)25-14-11-23(32)12-15-25;1-2/h2-4,6-7,10-18,26,28-29,34H,5,8-9,19-20H2,1H3;1-2H3. The number of sulfonamides is 1. The number of hydrogen-bond acceptors (Lipinski definition) is 4. The van der Waals surface area contributed by atoms with Crippen molar-refractivity contribution in [2.75, 3.05) is 4.90 Å². The average molecular weight is 605 g/mol. The molecule has 42 heavy (non-hydrogen) atoms. The Morgan fingerprint density at radius 2 is 1.81 bits per heavy atom. The number of rotatable bonds is 8. The predicted molar refractivity (Wildman–Crippen MR) is 167 cm³/mol. The van der Waals surface area contributed by atoms with Crippen LogP contribution in [-0.2, 0) is 34.8 Å². The van der Waals surface area contributed by atoms with Crippen molar-refractivity contribution in [1.29, 1.82) is 0 Å². The summed E-state index contributed by atoms with van der Waals surface area (Å²) in [5, 5.41) is 0.481. The predicted octanol–water partition coefficient (Wildman–Crippen LogP) is 6.79. The molecule has 0 bridgehead atoms. The second-order valence-corrected chi connectivity index (χ2v) is 12.8. The monoisotopic (exact) mass is 604 g/mol. The van der Waals surface area contributed by atoms with Crippen LogP contribution >= 0.6 is 11.6 Å². The highest BCUT2D eigenvalue weighted by molar-refractivity contribution is 7.89. The van der Waals surface area contributed by atoms with Crippen LogP contribution in [0.4, 0.5) is 5.69 Å². The Balaban J connectivity index is 0.00000173. The van der Waals surface area contributed by atoms with Crippen LogP contribution in [-0.4, -0.2) is 23.9 Å². The van der Waals surface area contributed by atoms with E-state index < -0.39 is 16.1 Å². The van der Waals surface area contributed by atoms with Crippen LogP contribution in [0.25, 0.3) is 0 Å². The van der Waals surface area contributed by atoms with E-state index in [0.717, 1.165) is 41.9 Å². The molecule has 1 saturated carbocycles. The topological polar surface area (TPSA) is 84.3 Å². The lowest BCUT2D eigenvalue weighted by Gasteiger charge is -2.29. The number of amides is 1. The van der Waals surface area contributed by atoms with Gasteiger partial charge in [0, 0.05) is 42.1 Å². The van der Waals surface area contributed by atoms with Crippen molar-refractivity contribution in [1.82, 2.24) is 14.3 Å². The Bertz CT molecular complexity index is 1640. The first kappa shape index (κ1) is 30.0. The lowest BCUT2D eigenvalue weighted by Crippen LogP contribution is -2.34. The minimum Gasteiger partial charge on any atom is -0.337 e. The van der Waals surface area contributed by atoms with E-state index in [2.05, 4.69) is 21.8 Å². The molecule has 0 spiro atoms. The number of nitrogens with zero attached hydrogens (tertiary/aromatic N) is 3. The minimum atomic E-state index is -3.76. The van der Waals surface area contributed by atoms with E-state index in [1.165, 1.54) is 17.7 Å². The van der Waals surface area contributed by atoms with Gasteiger partial charge in [0.05, 0.1) is 11.4 Å². The Hall–Kier alpha value is -3.46. The van der Waals surface area contributed by atoms with Gasteiger partial charge in [-0.1, -0.05) is 61.8 Å². The van der Waals surface area contributed by atoms with Gasteiger partial charge in [-0.15, -0.1) is 0 Å². The third-order valence-corrected chi connectivity index (χ3v) is 9.74. The van der Waals surface area contributed by atoms with E-state index in [-0.39, 0.29) is 22.6 Å². The minimum absolute atomic E-state index is 0.0610. The zero-order valence-corrected chi connectivity index (χ0v) is 25.8.